The molecule has 134 valence electrons. The summed E-state index contributed by atoms with van der Waals surface area (Å²) >= 11 is 2.26. The second kappa shape index (κ2) is 6.04. The van der Waals surface area contributed by atoms with E-state index in [-0.39, 0.29) is 0 Å². The molecule has 2 atom stereocenters. The van der Waals surface area contributed by atoms with E-state index >= 15 is 0 Å². The van der Waals surface area contributed by atoms with E-state index in [0.29, 0.717) is 38.3 Å². The molecule has 0 radical (unpaired) electrons. The molecule has 8 heteroatoms. The number of nitrogens with zero attached hydrogens (tertiary/aromatic N) is 4. The van der Waals surface area contributed by atoms with Crippen LogP contribution >= 0.6 is 22.6 Å². The number of hydrogen-bond donors (Lipinski definition) is 1. The molecule has 3 aliphatic rings. The average Bonchev–Trinajstić information content (AvgIpc) is 3.17. The molecular formula is C17H21IN4O3. The quantitative estimate of drug-likeness (QED) is 0.694. The molecule has 3 fully saturated rings. The monoisotopic (exact) mass is 456 g/mol. The summed E-state index contributed by atoms with van der Waals surface area (Å²) < 4.78 is 14.2. The number of hydrogen-bond acceptors (Lipinski definition) is 6. The van der Waals surface area contributed by atoms with E-state index in [4.69, 9.17) is 14.5 Å². The van der Waals surface area contributed by atoms with Gasteiger partial charge in [-0.15, -0.1) is 0 Å². The van der Waals surface area contributed by atoms with E-state index in [9.17, 15) is 5.11 Å². The molecule has 0 unspecified atom stereocenters. The van der Waals surface area contributed by atoms with Gasteiger partial charge in [-0.3, -0.25) is 0 Å². The zero-order valence-corrected chi connectivity index (χ0v) is 16.1. The van der Waals surface area contributed by atoms with Crippen LogP contribution < -0.4 is 4.90 Å². The van der Waals surface area contributed by atoms with E-state index in [0.717, 1.165) is 46.7 Å². The van der Waals surface area contributed by atoms with Crippen molar-refractivity contribution in [1.29, 1.82) is 0 Å². The van der Waals surface area contributed by atoms with Gasteiger partial charge in [-0.25, -0.2) is 9.50 Å². The molecule has 0 spiro atoms. The van der Waals surface area contributed by atoms with E-state index in [1.165, 1.54) is 0 Å². The summed E-state index contributed by atoms with van der Waals surface area (Å²) in [5.41, 5.74) is 0.707. The first kappa shape index (κ1) is 16.2. The molecule has 25 heavy (non-hydrogen) atoms. The minimum Gasteiger partial charge on any atom is -0.383 e. The van der Waals surface area contributed by atoms with Gasteiger partial charge in [0.05, 0.1) is 27.7 Å². The standard InChI is InChI=1S/C17H21IN4O3/c18-13-8-19-22-14(17(23)3-5-24-6-4-17)7-15(20-16(13)22)21-9-11-1-2-12(10-21)25-11/h7-8,11-12,23H,1-6,9-10H2/t11-,12+. The van der Waals surface area contributed by atoms with Crippen LogP contribution in [0.15, 0.2) is 12.3 Å². The second-order valence-electron chi connectivity index (χ2n) is 7.23. The Bertz CT molecular complexity index is 793. The third kappa shape index (κ3) is 2.73. The summed E-state index contributed by atoms with van der Waals surface area (Å²) in [6.07, 6.45) is 5.82. The van der Waals surface area contributed by atoms with E-state index < -0.39 is 5.60 Å². The van der Waals surface area contributed by atoms with Crippen molar-refractivity contribution in [2.24, 2.45) is 0 Å². The highest BCUT2D eigenvalue weighted by Crippen LogP contribution is 2.36. The molecule has 0 aliphatic carbocycles. The summed E-state index contributed by atoms with van der Waals surface area (Å²) in [6, 6.07) is 2.02. The number of aromatic nitrogens is 3. The van der Waals surface area contributed by atoms with Crippen LogP contribution in [0, 0.1) is 3.57 Å². The molecule has 2 bridgehead atoms. The molecule has 0 aromatic carbocycles. The zero-order valence-electron chi connectivity index (χ0n) is 13.9. The molecule has 7 nitrogen and oxygen atoms in total. The molecule has 3 saturated heterocycles. The predicted octanol–water partition coefficient (Wildman–Crippen LogP) is 1.70. The first-order valence-electron chi connectivity index (χ1n) is 8.88. The van der Waals surface area contributed by atoms with Gasteiger partial charge in [-0.2, -0.15) is 5.10 Å². The van der Waals surface area contributed by atoms with E-state index in [2.05, 4.69) is 32.6 Å². The predicted molar refractivity (Wildman–Crippen MR) is 99.8 cm³/mol. The maximum Gasteiger partial charge on any atom is 0.171 e. The maximum absolute atomic E-state index is 11.3. The highest BCUT2D eigenvalue weighted by Gasteiger charge is 2.38. The van der Waals surface area contributed by atoms with Gasteiger partial charge in [-0.05, 0) is 35.4 Å². The van der Waals surface area contributed by atoms with Crippen molar-refractivity contribution in [2.45, 2.75) is 43.5 Å². The minimum atomic E-state index is -0.922. The molecular weight excluding hydrogens is 435 g/mol. The number of ether oxygens (including phenoxy) is 2. The fourth-order valence-corrected chi connectivity index (χ4v) is 4.66. The Balaban J connectivity index is 1.61. The van der Waals surface area contributed by atoms with Crippen molar-refractivity contribution in [3.05, 3.63) is 21.5 Å². The summed E-state index contributed by atoms with van der Waals surface area (Å²) in [7, 11) is 0. The average molecular weight is 456 g/mol. The molecule has 2 aromatic rings. The van der Waals surface area contributed by atoms with E-state index in [1.807, 2.05) is 12.3 Å². The Morgan fingerprint density at radius 3 is 2.64 bits per heavy atom. The van der Waals surface area contributed by atoms with Crippen LogP contribution in [0.1, 0.15) is 31.4 Å². The Labute approximate surface area is 159 Å². The fourth-order valence-electron chi connectivity index (χ4n) is 4.18. The van der Waals surface area contributed by atoms with Gasteiger partial charge in [0.15, 0.2) is 5.65 Å². The highest BCUT2D eigenvalue weighted by atomic mass is 127. The minimum absolute atomic E-state index is 0.301. The normalized spacial score (nSPS) is 28.6. The molecule has 5 rings (SSSR count). The zero-order chi connectivity index (χ0) is 17.0. The molecule has 0 amide bonds. The Morgan fingerprint density at radius 2 is 1.92 bits per heavy atom. The fraction of sp³-hybridized carbons (Fsp3) is 0.647. The first-order valence-corrected chi connectivity index (χ1v) is 9.95. The number of rotatable bonds is 2. The smallest absolute Gasteiger partial charge is 0.171 e. The van der Waals surface area contributed by atoms with Crippen LogP contribution in [0.2, 0.25) is 0 Å². The van der Waals surface area contributed by atoms with Gasteiger partial charge in [0, 0.05) is 45.2 Å². The third-order valence-corrected chi connectivity index (χ3v) is 6.34. The highest BCUT2D eigenvalue weighted by molar-refractivity contribution is 14.1. The largest absolute Gasteiger partial charge is 0.383 e. The van der Waals surface area contributed by atoms with Crippen LogP contribution in [-0.4, -0.2) is 58.2 Å². The summed E-state index contributed by atoms with van der Waals surface area (Å²) in [5, 5.41) is 15.7. The van der Waals surface area contributed by atoms with Crippen LogP contribution in [-0.2, 0) is 15.1 Å². The Morgan fingerprint density at radius 1 is 1.20 bits per heavy atom. The van der Waals surface area contributed by atoms with Crippen LogP contribution in [0.25, 0.3) is 5.65 Å². The van der Waals surface area contributed by atoms with Crippen molar-refractivity contribution in [1.82, 2.24) is 14.6 Å². The molecule has 0 saturated carbocycles. The van der Waals surface area contributed by atoms with Gasteiger partial charge >= 0.3 is 0 Å². The van der Waals surface area contributed by atoms with Crippen molar-refractivity contribution in [3.8, 4) is 0 Å². The van der Waals surface area contributed by atoms with Crippen LogP contribution in [0.4, 0.5) is 5.82 Å². The SMILES string of the molecule is OC1(c2cc(N3C[C@H]4CC[C@@H](C3)O4)nc3c(I)cnn23)CCOCC1. The van der Waals surface area contributed by atoms with Gasteiger partial charge in [0.2, 0.25) is 0 Å². The lowest BCUT2D eigenvalue weighted by Crippen LogP contribution is -2.43. The van der Waals surface area contributed by atoms with Crippen LogP contribution in [0.5, 0.6) is 0 Å². The van der Waals surface area contributed by atoms with E-state index in [1.54, 1.807) is 4.52 Å². The summed E-state index contributed by atoms with van der Waals surface area (Å²) in [5.74, 6) is 0.918. The number of morpholine rings is 1. The number of anilines is 1. The van der Waals surface area contributed by atoms with Crippen molar-refractivity contribution in [3.63, 3.8) is 0 Å². The number of fused-ring (bicyclic) bond motifs is 3. The Kier molecular flexibility index (Phi) is 3.92. The Hall–Kier alpha value is -0.970. The lowest BCUT2D eigenvalue weighted by molar-refractivity contribution is -0.0717. The molecule has 3 aliphatic heterocycles. The third-order valence-electron chi connectivity index (χ3n) is 5.58. The van der Waals surface area contributed by atoms with Crippen molar-refractivity contribution >= 4 is 34.1 Å². The second-order valence-corrected chi connectivity index (χ2v) is 8.40. The lowest BCUT2D eigenvalue weighted by Gasteiger charge is -2.35. The van der Waals surface area contributed by atoms with Gasteiger partial charge in [-0.1, -0.05) is 0 Å². The molecule has 2 aromatic heterocycles. The molecule has 1 N–H and O–H groups in total. The topological polar surface area (TPSA) is 72.1 Å². The van der Waals surface area contributed by atoms with Crippen LogP contribution in [0.3, 0.4) is 0 Å². The van der Waals surface area contributed by atoms with Gasteiger partial charge < -0.3 is 19.5 Å². The molecule has 5 heterocycles. The number of halogens is 1. The van der Waals surface area contributed by atoms with Gasteiger partial charge in [0.1, 0.15) is 11.4 Å². The van der Waals surface area contributed by atoms with Crippen molar-refractivity contribution in [2.75, 3.05) is 31.2 Å². The first-order chi connectivity index (χ1) is 12.1. The summed E-state index contributed by atoms with van der Waals surface area (Å²) in [6.45, 7) is 2.86. The van der Waals surface area contributed by atoms with Gasteiger partial charge in [0.25, 0.3) is 0 Å². The lowest BCUT2D eigenvalue weighted by atomic mass is 9.90. The van der Waals surface area contributed by atoms with Crippen molar-refractivity contribution < 1.29 is 14.6 Å². The number of aliphatic hydroxyl groups is 1. The maximum atomic E-state index is 11.3. The summed E-state index contributed by atoms with van der Waals surface area (Å²) in [4.78, 5) is 7.17.